The summed E-state index contributed by atoms with van der Waals surface area (Å²) in [5.41, 5.74) is 0. The molecule has 44 valence electrons. The van der Waals surface area contributed by atoms with Crippen LogP contribution in [-0.2, 0) is 0 Å². The molecule has 0 rings (SSSR count). The summed E-state index contributed by atoms with van der Waals surface area (Å²) < 4.78 is 8.88. The molecule has 0 aromatic rings. The van der Waals surface area contributed by atoms with E-state index in [0.717, 1.165) is 0 Å². The van der Waals surface area contributed by atoms with Gasteiger partial charge in [-0.3, -0.25) is 5.14 Å². The Morgan fingerprint density at radius 3 is 1.71 bits per heavy atom. The summed E-state index contributed by atoms with van der Waals surface area (Å²) in [7, 11) is -1.91. The summed E-state index contributed by atoms with van der Waals surface area (Å²) in [5, 5.41) is 8.45. The molecule has 3 N–H and O–H groups in total. The molecular weight excluding hydrogens is 110 g/mol. The van der Waals surface area contributed by atoms with Crippen LogP contribution in [0.2, 0.25) is 0 Å². The van der Waals surface area contributed by atoms with Crippen molar-refractivity contribution in [1.82, 2.24) is 0 Å². The molecule has 0 atom stereocenters. The van der Waals surface area contributed by atoms with Crippen LogP contribution in [0.4, 0.5) is 0 Å². The van der Waals surface area contributed by atoms with Crippen LogP contribution < -0.4 is 5.14 Å². The monoisotopic (exact) mass is 121 g/mol. The van der Waals surface area contributed by atoms with E-state index >= 15 is 0 Å². The first kappa shape index (κ1) is 7.01. The molecule has 7 heavy (non-hydrogen) atoms. The molecule has 0 radical (unpaired) electrons. The highest BCUT2D eigenvalue weighted by molar-refractivity contribution is 8.22. The Morgan fingerprint density at radius 2 is 1.71 bits per heavy atom. The van der Waals surface area contributed by atoms with E-state index in [1.54, 1.807) is 24.6 Å². The van der Waals surface area contributed by atoms with Crippen molar-refractivity contribution in [3.8, 4) is 0 Å². The maximum absolute atomic E-state index is 8.88. The first-order valence-electron chi connectivity index (χ1n) is 2.04. The normalized spacial score (nSPS) is 10.9. The summed E-state index contributed by atoms with van der Waals surface area (Å²) in [4.78, 5) is 0. The van der Waals surface area contributed by atoms with Crippen molar-refractivity contribution in [2.75, 3.05) is 0 Å². The average Bonchev–Trinajstić information content (AvgIpc) is 1.68. The Kier molecular flexibility index (Phi) is 2.35. The van der Waals surface area contributed by atoms with Gasteiger partial charge in [-0.05, 0) is 24.6 Å². The van der Waals surface area contributed by atoms with E-state index in [1.165, 1.54) is 0 Å². The Labute approximate surface area is 44.8 Å². The van der Waals surface area contributed by atoms with Gasteiger partial charge in [0.15, 0.2) is 0 Å². The van der Waals surface area contributed by atoms with Crippen molar-refractivity contribution in [3.63, 3.8) is 0 Å². The third-order valence-corrected chi connectivity index (χ3v) is 2.27. The minimum atomic E-state index is -1.91. The Hall–Kier alpha value is 0.01000. The number of hydrogen-bond acceptors (Lipinski definition) is 2. The Balaban J connectivity index is 4.51. The Morgan fingerprint density at radius 1 is 1.43 bits per heavy atom. The van der Waals surface area contributed by atoms with Crippen LogP contribution in [-0.4, -0.2) is 15.3 Å². The molecule has 0 aromatic carbocycles. The lowest BCUT2D eigenvalue weighted by atomic mass is 11.0. The first-order valence-corrected chi connectivity index (χ1v) is 3.82. The van der Waals surface area contributed by atoms with Crippen molar-refractivity contribution in [2.24, 2.45) is 5.14 Å². The topological polar surface area (TPSA) is 46.2 Å². The van der Waals surface area contributed by atoms with Gasteiger partial charge in [0.25, 0.3) is 0 Å². The van der Waals surface area contributed by atoms with Crippen LogP contribution in [0.1, 0.15) is 13.8 Å². The SMILES string of the molecule is CC=S(N)(O)=CC. The largest absolute Gasteiger partial charge is 0.331 e. The van der Waals surface area contributed by atoms with Gasteiger partial charge in [-0.2, -0.15) is 0 Å². The zero-order valence-electron chi connectivity index (χ0n) is 4.59. The third-order valence-electron chi connectivity index (χ3n) is 0.755. The molecule has 0 fully saturated rings. The highest BCUT2D eigenvalue weighted by Crippen LogP contribution is 2.00. The van der Waals surface area contributed by atoms with Gasteiger partial charge in [0.2, 0.25) is 0 Å². The van der Waals surface area contributed by atoms with E-state index < -0.39 is 9.67 Å². The van der Waals surface area contributed by atoms with Crippen LogP contribution in [0.15, 0.2) is 0 Å². The Bertz CT molecular complexity index is 131. The van der Waals surface area contributed by atoms with Gasteiger partial charge in [-0.1, -0.05) is 9.67 Å². The van der Waals surface area contributed by atoms with Crippen LogP contribution in [0.5, 0.6) is 0 Å². The highest BCUT2D eigenvalue weighted by atomic mass is 32.2. The van der Waals surface area contributed by atoms with Crippen molar-refractivity contribution in [3.05, 3.63) is 0 Å². The average molecular weight is 121 g/mol. The van der Waals surface area contributed by atoms with E-state index in [9.17, 15) is 0 Å². The molecule has 0 aromatic heterocycles. The van der Waals surface area contributed by atoms with E-state index in [0.29, 0.717) is 0 Å². The summed E-state index contributed by atoms with van der Waals surface area (Å²) in [5.74, 6) is 0. The molecule has 0 aliphatic heterocycles. The van der Waals surface area contributed by atoms with Crippen LogP contribution >= 0.6 is 9.67 Å². The summed E-state index contributed by atoms with van der Waals surface area (Å²) in [6.45, 7) is 3.49. The molecule has 0 saturated carbocycles. The lowest BCUT2D eigenvalue weighted by Crippen LogP contribution is -1.92. The first-order chi connectivity index (χ1) is 3.12. The second-order valence-corrected chi connectivity index (χ2v) is 3.59. The van der Waals surface area contributed by atoms with Crippen molar-refractivity contribution >= 4 is 20.4 Å². The fraction of sp³-hybridized carbons (Fsp3) is 0.500. The number of nitrogens with two attached hydrogens (primary N) is 1. The second kappa shape index (κ2) is 2.35. The van der Waals surface area contributed by atoms with Crippen LogP contribution in [0.25, 0.3) is 0 Å². The van der Waals surface area contributed by atoms with Crippen molar-refractivity contribution in [1.29, 1.82) is 0 Å². The van der Waals surface area contributed by atoms with Gasteiger partial charge >= 0.3 is 0 Å². The van der Waals surface area contributed by atoms with Crippen molar-refractivity contribution in [2.45, 2.75) is 13.8 Å². The molecule has 0 heterocycles. The van der Waals surface area contributed by atoms with E-state index in [2.05, 4.69) is 0 Å². The minimum Gasteiger partial charge on any atom is -0.331 e. The second-order valence-electron chi connectivity index (χ2n) is 1.20. The van der Waals surface area contributed by atoms with E-state index in [1.807, 2.05) is 0 Å². The van der Waals surface area contributed by atoms with Crippen LogP contribution in [0, 0.1) is 0 Å². The smallest absolute Gasteiger partial charge is 0.0324 e. The fourth-order valence-corrected chi connectivity index (χ4v) is 0.408. The summed E-state index contributed by atoms with van der Waals surface area (Å²) in [6, 6.07) is 0. The lowest BCUT2D eigenvalue weighted by molar-refractivity contribution is 0.659. The van der Waals surface area contributed by atoms with Gasteiger partial charge in [0.05, 0.1) is 0 Å². The third kappa shape index (κ3) is 2.68. The molecule has 3 heteroatoms. The zero-order valence-corrected chi connectivity index (χ0v) is 5.40. The van der Waals surface area contributed by atoms with Gasteiger partial charge < -0.3 is 4.55 Å². The van der Waals surface area contributed by atoms with Gasteiger partial charge in [-0.15, -0.1) is 0 Å². The summed E-state index contributed by atoms with van der Waals surface area (Å²) in [6.07, 6.45) is 0. The molecule has 0 spiro atoms. The lowest BCUT2D eigenvalue weighted by Gasteiger charge is -1.96. The zero-order chi connectivity index (χ0) is 5.91. The molecule has 0 amide bonds. The quantitative estimate of drug-likeness (QED) is 0.465. The van der Waals surface area contributed by atoms with E-state index in [4.69, 9.17) is 9.69 Å². The maximum atomic E-state index is 8.88. The number of rotatable bonds is 0. The van der Waals surface area contributed by atoms with E-state index in [-0.39, 0.29) is 0 Å². The molecule has 0 bridgehead atoms. The van der Waals surface area contributed by atoms with Crippen LogP contribution in [0.3, 0.4) is 0 Å². The van der Waals surface area contributed by atoms with Gasteiger partial charge in [-0.25, -0.2) is 0 Å². The molecular formula is C4H11NOS. The highest BCUT2D eigenvalue weighted by Gasteiger charge is 1.75. The number of hydrogen-bond donors (Lipinski definition) is 2. The predicted octanol–water partition coefficient (Wildman–Crippen LogP) is 0.782. The standard InChI is InChI=1S/C4H11NOS/c1-3-7(5,6)4-2/h3-4,6H,5H2,1-2H3. The predicted molar refractivity (Wildman–Crippen MR) is 37.9 cm³/mol. The molecule has 0 aliphatic carbocycles. The fourth-order valence-electron chi connectivity index (χ4n) is 0.136. The molecule has 0 unspecified atom stereocenters. The van der Waals surface area contributed by atoms with Gasteiger partial charge in [0.1, 0.15) is 0 Å². The maximum Gasteiger partial charge on any atom is -0.0324 e. The minimum absolute atomic E-state index is 1.60. The summed E-state index contributed by atoms with van der Waals surface area (Å²) >= 11 is 0. The molecule has 2 nitrogen and oxygen atoms in total. The molecule has 0 aliphatic rings. The van der Waals surface area contributed by atoms with Crippen molar-refractivity contribution < 1.29 is 4.55 Å². The van der Waals surface area contributed by atoms with Gasteiger partial charge in [0, 0.05) is 0 Å². The molecule has 0 saturated heterocycles.